The molecule has 0 aliphatic rings. The molecular weight excluding hydrogens is 272 g/mol. The molecule has 0 unspecified atom stereocenters. The summed E-state index contributed by atoms with van der Waals surface area (Å²) >= 11 is 0. The number of carbonyl (C=O) groups excluding carboxylic acids is 3. The summed E-state index contributed by atoms with van der Waals surface area (Å²) in [6.07, 6.45) is 0. The van der Waals surface area contributed by atoms with Crippen LogP contribution in [0, 0.1) is 5.41 Å². The van der Waals surface area contributed by atoms with Gasteiger partial charge < -0.3 is 15.4 Å². The first-order valence-corrected chi connectivity index (χ1v) is 6.53. The topological polar surface area (TPSA) is 84.5 Å². The van der Waals surface area contributed by atoms with E-state index in [0.717, 1.165) is 0 Å². The van der Waals surface area contributed by atoms with Crippen molar-refractivity contribution in [2.75, 3.05) is 17.2 Å². The molecule has 1 rings (SSSR count). The summed E-state index contributed by atoms with van der Waals surface area (Å²) in [5.41, 5.74) is 0.556. The van der Waals surface area contributed by atoms with Crippen LogP contribution in [0.2, 0.25) is 0 Å². The minimum absolute atomic E-state index is 0.166. The molecule has 6 heteroatoms. The van der Waals surface area contributed by atoms with E-state index in [1.165, 1.54) is 6.92 Å². The normalized spacial score (nSPS) is 10.7. The number of rotatable bonds is 4. The molecule has 0 saturated carbocycles. The van der Waals surface area contributed by atoms with E-state index in [1.807, 2.05) is 0 Å². The first-order chi connectivity index (χ1) is 9.68. The van der Waals surface area contributed by atoms with Gasteiger partial charge >= 0.3 is 5.97 Å². The molecule has 1 aromatic carbocycles. The van der Waals surface area contributed by atoms with Crippen LogP contribution < -0.4 is 10.6 Å². The van der Waals surface area contributed by atoms with E-state index in [9.17, 15) is 14.4 Å². The monoisotopic (exact) mass is 292 g/mol. The minimum Gasteiger partial charge on any atom is -0.455 e. The molecule has 0 fully saturated rings. The number of nitrogens with one attached hydrogen (secondary N) is 2. The van der Waals surface area contributed by atoms with Gasteiger partial charge in [-0.05, 0) is 45.0 Å². The van der Waals surface area contributed by atoms with E-state index in [4.69, 9.17) is 4.74 Å². The van der Waals surface area contributed by atoms with Crippen molar-refractivity contribution < 1.29 is 19.1 Å². The van der Waals surface area contributed by atoms with Crippen molar-refractivity contribution in [3.05, 3.63) is 24.3 Å². The van der Waals surface area contributed by atoms with Gasteiger partial charge in [-0.15, -0.1) is 0 Å². The molecule has 0 bridgehead atoms. The molecule has 0 atom stereocenters. The molecule has 21 heavy (non-hydrogen) atoms. The van der Waals surface area contributed by atoms with Gasteiger partial charge in [0.1, 0.15) is 0 Å². The molecule has 0 aliphatic carbocycles. The van der Waals surface area contributed by atoms with Gasteiger partial charge in [-0.1, -0.05) is 0 Å². The van der Waals surface area contributed by atoms with Gasteiger partial charge in [0, 0.05) is 18.3 Å². The van der Waals surface area contributed by atoms with Gasteiger partial charge in [-0.3, -0.25) is 14.4 Å². The SMILES string of the molecule is CC(=O)Nc1ccc(NC(=O)COC(=O)C(C)(C)C)cc1. The van der Waals surface area contributed by atoms with E-state index in [2.05, 4.69) is 10.6 Å². The second-order valence-corrected chi connectivity index (χ2v) is 5.63. The van der Waals surface area contributed by atoms with Crippen molar-refractivity contribution >= 4 is 29.2 Å². The average Bonchev–Trinajstić information content (AvgIpc) is 2.36. The van der Waals surface area contributed by atoms with Crippen molar-refractivity contribution in [1.82, 2.24) is 0 Å². The zero-order valence-electron chi connectivity index (χ0n) is 12.6. The molecule has 114 valence electrons. The van der Waals surface area contributed by atoms with Crippen LogP contribution in [0.3, 0.4) is 0 Å². The van der Waals surface area contributed by atoms with Crippen molar-refractivity contribution in [2.24, 2.45) is 5.41 Å². The lowest BCUT2D eigenvalue weighted by Gasteiger charge is -2.16. The molecule has 0 aliphatic heterocycles. The number of ether oxygens (including phenoxy) is 1. The second-order valence-electron chi connectivity index (χ2n) is 5.63. The fourth-order valence-electron chi connectivity index (χ4n) is 1.38. The van der Waals surface area contributed by atoms with Crippen LogP contribution in [0.5, 0.6) is 0 Å². The summed E-state index contributed by atoms with van der Waals surface area (Å²) in [6, 6.07) is 6.62. The fourth-order valence-corrected chi connectivity index (χ4v) is 1.38. The number of esters is 1. The molecule has 0 aromatic heterocycles. The van der Waals surface area contributed by atoms with Crippen molar-refractivity contribution in [1.29, 1.82) is 0 Å². The Kier molecular flexibility index (Phi) is 5.46. The first kappa shape index (κ1) is 16.7. The lowest BCUT2D eigenvalue weighted by atomic mass is 9.97. The summed E-state index contributed by atoms with van der Waals surface area (Å²) in [4.78, 5) is 34.1. The fraction of sp³-hybridized carbons (Fsp3) is 0.400. The van der Waals surface area contributed by atoms with Crippen LogP contribution in [0.1, 0.15) is 27.7 Å². The smallest absolute Gasteiger partial charge is 0.311 e. The Hall–Kier alpha value is -2.37. The Labute approximate surface area is 123 Å². The van der Waals surface area contributed by atoms with Gasteiger partial charge in [0.15, 0.2) is 6.61 Å². The van der Waals surface area contributed by atoms with E-state index in [-0.39, 0.29) is 12.5 Å². The predicted octanol–water partition coefficient (Wildman–Crippen LogP) is 2.17. The van der Waals surface area contributed by atoms with Crippen LogP contribution in [0.25, 0.3) is 0 Å². The minimum atomic E-state index is -0.639. The van der Waals surface area contributed by atoms with Crippen molar-refractivity contribution in [3.8, 4) is 0 Å². The van der Waals surface area contributed by atoms with Crippen molar-refractivity contribution in [3.63, 3.8) is 0 Å². The highest BCUT2D eigenvalue weighted by Crippen LogP contribution is 2.16. The summed E-state index contributed by atoms with van der Waals surface area (Å²) in [5, 5.41) is 5.22. The number of hydrogen-bond donors (Lipinski definition) is 2. The number of carbonyl (C=O) groups is 3. The molecule has 0 heterocycles. The highest BCUT2D eigenvalue weighted by molar-refractivity contribution is 5.94. The maximum Gasteiger partial charge on any atom is 0.311 e. The van der Waals surface area contributed by atoms with Gasteiger partial charge in [-0.2, -0.15) is 0 Å². The first-order valence-electron chi connectivity index (χ1n) is 6.53. The van der Waals surface area contributed by atoms with E-state index in [1.54, 1.807) is 45.0 Å². The molecule has 2 N–H and O–H groups in total. The lowest BCUT2D eigenvalue weighted by Crippen LogP contribution is -2.27. The largest absolute Gasteiger partial charge is 0.455 e. The van der Waals surface area contributed by atoms with E-state index < -0.39 is 17.3 Å². The zero-order chi connectivity index (χ0) is 16.0. The van der Waals surface area contributed by atoms with E-state index >= 15 is 0 Å². The highest BCUT2D eigenvalue weighted by atomic mass is 16.5. The Bertz CT molecular complexity index is 530. The van der Waals surface area contributed by atoms with Gasteiger partial charge in [0.25, 0.3) is 5.91 Å². The number of anilines is 2. The summed E-state index contributed by atoms with van der Waals surface area (Å²) < 4.78 is 4.91. The summed E-state index contributed by atoms with van der Waals surface area (Å²) in [6.45, 7) is 6.23. The quantitative estimate of drug-likeness (QED) is 0.833. The zero-order valence-corrected chi connectivity index (χ0v) is 12.6. The van der Waals surface area contributed by atoms with Crippen LogP contribution >= 0.6 is 0 Å². The second kappa shape index (κ2) is 6.88. The van der Waals surface area contributed by atoms with E-state index in [0.29, 0.717) is 11.4 Å². The van der Waals surface area contributed by atoms with Crippen molar-refractivity contribution in [2.45, 2.75) is 27.7 Å². The summed E-state index contributed by atoms with van der Waals surface area (Å²) in [7, 11) is 0. The van der Waals surface area contributed by atoms with Gasteiger partial charge in [0.2, 0.25) is 5.91 Å². The van der Waals surface area contributed by atoms with Gasteiger partial charge in [0.05, 0.1) is 5.41 Å². The maximum absolute atomic E-state index is 11.6. The molecule has 0 spiro atoms. The standard InChI is InChI=1S/C15H20N2O4/c1-10(18)16-11-5-7-12(8-6-11)17-13(19)9-21-14(20)15(2,3)4/h5-8H,9H2,1-4H3,(H,16,18)(H,17,19). The Morgan fingerprint density at radius 3 is 1.90 bits per heavy atom. The molecule has 1 aromatic rings. The third kappa shape index (κ3) is 6.07. The molecule has 6 nitrogen and oxygen atoms in total. The third-order valence-corrected chi connectivity index (χ3v) is 2.44. The van der Waals surface area contributed by atoms with Crippen LogP contribution in [-0.2, 0) is 19.1 Å². The number of amides is 2. The molecule has 2 amide bonds. The number of benzene rings is 1. The molecule has 0 saturated heterocycles. The molecular formula is C15H20N2O4. The number of hydrogen-bond acceptors (Lipinski definition) is 4. The highest BCUT2D eigenvalue weighted by Gasteiger charge is 2.23. The Balaban J connectivity index is 2.48. The molecule has 0 radical (unpaired) electrons. The Morgan fingerprint density at radius 1 is 1.00 bits per heavy atom. The van der Waals surface area contributed by atoms with Crippen LogP contribution in [0.4, 0.5) is 11.4 Å². The average molecular weight is 292 g/mol. The maximum atomic E-state index is 11.6. The van der Waals surface area contributed by atoms with Gasteiger partial charge in [-0.25, -0.2) is 0 Å². The lowest BCUT2D eigenvalue weighted by molar-refractivity contribution is -0.155. The predicted molar refractivity (Wildman–Crippen MR) is 79.8 cm³/mol. The van der Waals surface area contributed by atoms with Crippen LogP contribution in [0.15, 0.2) is 24.3 Å². The third-order valence-electron chi connectivity index (χ3n) is 2.44. The van der Waals surface area contributed by atoms with Crippen LogP contribution in [-0.4, -0.2) is 24.4 Å². The Morgan fingerprint density at radius 2 is 1.48 bits per heavy atom. The summed E-state index contributed by atoms with van der Waals surface area (Å²) in [5.74, 6) is -1.01.